The van der Waals surface area contributed by atoms with E-state index in [0.717, 1.165) is 25.0 Å². The Morgan fingerprint density at radius 2 is 1.76 bits per heavy atom. The molecule has 0 aromatic rings. The van der Waals surface area contributed by atoms with Crippen LogP contribution in [0.5, 0.6) is 0 Å². The van der Waals surface area contributed by atoms with Crippen molar-refractivity contribution in [1.82, 2.24) is 4.90 Å². The molecule has 1 aliphatic carbocycles. The van der Waals surface area contributed by atoms with Gasteiger partial charge in [0.05, 0.1) is 0 Å². The SMILES string of the molecule is CN(CC1CCOCC1)CC1CCCC(N)C1. The first-order valence-corrected chi connectivity index (χ1v) is 7.26. The van der Waals surface area contributed by atoms with E-state index in [9.17, 15) is 0 Å². The minimum atomic E-state index is 0.463. The van der Waals surface area contributed by atoms with E-state index in [1.807, 2.05) is 0 Å². The number of ether oxygens (including phenoxy) is 1. The Bertz CT molecular complexity index is 216. The van der Waals surface area contributed by atoms with E-state index in [2.05, 4.69) is 11.9 Å². The van der Waals surface area contributed by atoms with E-state index in [0.29, 0.717) is 6.04 Å². The highest BCUT2D eigenvalue weighted by Gasteiger charge is 2.22. The van der Waals surface area contributed by atoms with Crippen LogP contribution in [0.15, 0.2) is 0 Å². The fourth-order valence-corrected chi connectivity index (χ4v) is 3.38. The highest BCUT2D eigenvalue weighted by Crippen LogP contribution is 2.24. The number of nitrogens with zero attached hydrogens (tertiary/aromatic N) is 1. The summed E-state index contributed by atoms with van der Waals surface area (Å²) in [5.74, 6) is 1.69. The fourth-order valence-electron chi connectivity index (χ4n) is 3.38. The molecule has 1 aliphatic heterocycles. The average molecular weight is 240 g/mol. The van der Waals surface area contributed by atoms with Gasteiger partial charge in [0.1, 0.15) is 0 Å². The predicted molar refractivity (Wildman–Crippen MR) is 71.0 cm³/mol. The van der Waals surface area contributed by atoms with Crippen LogP contribution in [0.4, 0.5) is 0 Å². The first-order valence-electron chi connectivity index (χ1n) is 7.26. The van der Waals surface area contributed by atoms with E-state index in [4.69, 9.17) is 10.5 Å². The maximum absolute atomic E-state index is 6.05. The molecule has 3 nitrogen and oxygen atoms in total. The summed E-state index contributed by atoms with van der Waals surface area (Å²) in [6, 6.07) is 0.463. The summed E-state index contributed by atoms with van der Waals surface area (Å²) in [6.07, 6.45) is 7.67. The lowest BCUT2D eigenvalue weighted by atomic mass is 9.85. The van der Waals surface area contributed by atoms with Gasteiger partial charge in [0.2, 0.25) is 0 Å². The molecule has 3 heteroatoms. The van der Waals surface area contributed by atoms with Crippen LogP contribution in [-0.4, -0.2) is 44.3 Å². The van der Waals surface area contributed by atoms with Gasteiger partial charge < -0.3 is 15.4 Å². The van der Waals surface area contributed by atoms with Gasteiger partial charge >= 0.3 is 0 Å². The molecular formula is C14H28N2O. The Morgan fingerprint density at radius 1 is 1.06 bits per heavy atom. The molecule has 2 fully saturated rings. The number of rotatable bonds is 4. The predicted octanol–water partition coefficient (Wildman–Crippen LogP) is 1.86. The smallest absolute Gasteiger partial charge is 0.0469 e. The maximum atomic E-state index is 6.05. The highest BCUT2D eigenvalue weighted by atomic mass is 16.5. The van der Waals surface area contributed by atoms with Gasteiger partial charge in [-0.15, -0.1) is 0 Å². The van der Waals surface area contributed by atoms with Gasteiger partial charge in [0.15, 0.2) is 0 Å². The molecular weight excluding hydrogens is 212 g/mol. The van der Waals surface area contributed by atoms with Crippen LogP contribution >= 0.6 is 0 Å². The molecule has 2 atom stereocenters. The number of hydrogen-bond donors (Lipinski definition) is 1. The molecule has 0 spiro atoms. The lowest BCUT2D eigenvalue weighted by Gasteiger charge is -2.32. The molecule has 2 aliphatic rings. The summed E-state index contributed by atoms with van der Waals surface area (Å²) in [6.45, 7) is 4.42. The van der Waals surface area contributed by atoms with Crippen molar-refractivity contribution in [2.45, 2.75) is 44.6 Å². The van der Waals surface area contributed by atoms with Crippen LogP contribution in [-0.2, 0) is 4.74 Å². The third-order valence-electron chi connectivity index (χ3n) is 4.30. The van der Waals surface area contributed by atoms with Crippen molar-refractivity contribution < 1.29 is 4.74 Å². The quantitative estimate of drug-likeness (QED) is 0.815. The van der Waals surface area contributed by atoms with Crippen molar-refractivity contribution in [3.8, 4) is 0 Å². The van der Waals surface area contributed by atoms with Crippen molar-refractivity contribution >= 4 is 0 Å². The zero-order valence-corrected chi connectivity index (χ0v) is 11.2. The minimum Gasteiger partial charge on any atom is -0.381 e. The Hall–Kier alpha value is -0.120. The molecule has 0 aromatic heterocycles. The van der Waals surface area contributed by atoms with Crippen LogP contribution in [0, 0.1) is 11.8 Å². The Morgan fingerprint density at radius 3 is 2.47 bits per heavy atom. The summed E-state index contributed by atoms with van der Waals surface area (Å²) in [7, 11) is 2.27. The molecule has 0 bridgehead atoms. The lowest BCUT2D eigenvalue weighted by molar-refractivity contribution is 0.0530. The zero-order chi connectivity index (χ0) is 12.1. The summed E-state index contributed by atoms with van der Waals surface area (Å²) in [5.41, 5.74) is 6.05. The second-order valence-electron chi connectivity index (χ2n) is 6.07. The second kappa shape index (κ2) is 6.72. The van der Waals surface area contributed by atoms with Gasteiger partial charge in [0, 0.05) is 32.3 Å². The highest BCUT2D eigenvalue weighted by molar-refractivity contribution is 4.77. The average Bonchev–Trinajstić information content (AvgIpc) is 2.30. The molecule has 1 saturated carbocycles. The first-order chi connectivity index (χ1) is 8.24. The molecule has 1 saturated heterocycles. The maximum Gasteiger partial charge on any atom is 0.0469 e. The van der Waals surface area contributed by atoms with Gasteiger partial charge in [-0.2, -0.15) is 0 Å². The number of hydrogen-bond acceptors (Lipinski definition) is 3. The van der Waals surface area contributed by atoms with Crippen LogP contribution in [0.25, 0.3) is 0 Å². The molecule has 0 amide bonds. The van der Waals surface area contributed by atoms with Crippen LogP contribution in [0.1, 0.15) is 38.5 Å². The molecule has 2 unspecified atom stereocenters. The standard InChI is InChI=1S/C14H28N2O/c1-16(10-12-5-7-17-8-6-12)11-13-3-2-4-14(15)9-13/h12-14H,2-11,15H2,1H3. The van der Waals surface area contributed by atoms with Gasteiger partial charge in [-0.1, -0.05) is 6.42 Å². The largest absolute Gasteiger partial charge is 0.381 e. The van der Waals surface area contributed by atoms with Gasteiger partial charge in [-0.25, -0.2) is 0 Å². The van der Waals surface area contributed by atoms with E-state index < -0.39 is 0 Å². The molecule has 100 valence electrons. The van der Waals surface area contributed by atoms with Crippen molar-refractivity contribution in [2.24, 2.45) is 17.6 Å². The third-order valence-corrected chi connectivity index (χ3v) is 4.30. The van der Waals surface area contributed by atoms with E-state index >= 15 is 0 Å². The minimum absolute atomic E-state index is 0.463. The summed E-state index contributed by atoms with van der Waals surface area (Å²) in [5, 5.41) is 0. The molecule has 2 N–H and O–H groups in total. The molecule has 0 aromatic carbocycles. The third kappa shape index (κ3) is 4.57. The zero-order valence-electron chi connectivity index (χ0n) is 11.2. The van der Waals surface area contributed by atoms with Crippen molar-refractivity contribution in [2.75, 3.05) is 33.4 Å². The van der Waals surface area contributed by atoms with Gasteiger partial charge in [-0.3, -0.25) is 0 Å². The fraction of sp³-hybridized carbons (Fsp3) is 1.00. The van der Waals surface area contributed by atoms with Crippen molar-refractivity contribution in [1.29, 1.82) is 0 Å². The Balaban J connectivity index is 1.66. The van der Waals surface area contributed by atoms with Crippen LogP contribution in [0.3, 0.4) is 0 Å². The van der Waals surface area contributed by atoms with Crippen molar-refractivity contribution in [3.63, 3.8) is 0 Å². The summed E-state index contributed by atoms with van der Waals surface area (Å²) < 4.78 is 5.41. The normalized spacial score (nSPS) is 31.9. The monoisotopic (exact) mass is 240 g/mol. The molecule has 0 radical (unpaired) electrons. The van der Waals surface area contributed by atoms with Gasteiger partial charge in [0.25, 0.3) is 0 Å². The van der Waals surface area contributed by atoms with Crippen molar-refractivity contribution in [3.05, 3.63) is 0 Å². The first kappa shape index (κ1) is 13.3. The van der Waals surface area contributed by atoms with Gasteiger partial charge in [-0.05, 0) is 51.0 Å². The molecule has 2 rings (SSSR count). The van der Waals surface area contributed by atoms with Crippen LogP contribution in [0.2, 0.25) is 0 Å². The lowest BCUT2D eigenvalue weighted by Crippen LogP contribution is -2.37. The molecule has 17 heavy (non-hydrogen) atoms. The van der Waals surface area contributed by atoms with E-state index in [1.54, 1.807) is 0 Å². The second-order valence-corrected chi connectivity index (χ2v) is 6.07. The summed E-state index contributed by atoms with van der Waals surface area (Å²) >= 11 is 0. The molecule has 1 heterocycles. The van der Waals surface area contributed by atoms with E-state index in [1.165, 1.54) is 51.6 Å². The van der Waals surface area contributed by atoms with Crippen LogP contribution < -0.4 is 5.73 Å². The Kier molecular flexibility index (Phi) is 5.26. The Labute approximate surface area is 106 Å². The summed E-state index contributed by atoms with van der Waals surface area (Å²) in [4.78, 5) is 2.53. The number of nitrogens with two attached hydrogens (primary N) is 1. The topological polar surface area (TPSA) is 38.5 Å². The van der Waals surface area contributed by atoms with E-state index in [-0.39, 0.29) is 0 Å².